The van der Waals surface area contributed by atoms with E-state index in [0.29, 0.717) is 12.4 Å². The molecule has 2 aromatic carbocycles. The zero-order chi connectivity index (χ0) is 12.8. The number of benzene rings is 2. The first-order valence-corrected chi connectivity index (χ1v) is 5.43. The van der Waals surface area contributed by atoms with Crippen molar-refractivity contribution in [1.29, 1.82) is 0 Å². The third-order valence-corrected chi connectivity index (χ3v) is 2.42. The zero-order valence-corrected chi connectivity index (χ0v) is 9.58. The first-order valence-electron chi connectivity index (χ1n) is 5.43. The second kappa shape index (κ2) is 5.82. The number of hydrogen-bond donors (Lipinski definition) is 1. The molecule has 0 radical (unpaired) electrons. The second-order valence-corrected chi connectivity index (χ2v) is 3.70. The molecule has 0 unspecified atom stereocenters. The van der Waals surface area contributed by atoms with Gasteiger partial charge in [-0.2, -0.15) is 0 Å². The van der Waals surface area contributed by atoms with E-state index < -0.39 is 5.82 Å². The van der Waals surface area contributed by atoms with E-state index in [-0.39, 0.29) is 5.56 Å². The van der Waals surface area contributed by atoms with Crippen molar-refractivity contribution in [1.82, 2.24) is 0 Å². The molecule has 0 heterocycles. The number of rotatable bonds is 4. The summed E-state index contributed by atoms with van der Waals surface area (Å²) in [5, 5.41) is 11.1. The van der Waals surface area contributed by atoms with Crippen LogP contribution in [0.4, 0.5) is 4.39 Å². The first-order chi connectivity index (χ1) is 8.79. The molecule has 0 amide bonds. The Bertz CT molecular complexity index is 541. The van der Waals surface area contributed by atoms with Gasteiger partial charge in [0.2, 0.25) is 0 Å². The molecule has 18 heavy (non-hydrogen) atoms. The third kappa shape index (κ3) is 3.07. The molecule has 0 aliphatic heterocycles. The lowest BCUT2D eigenvalue weighted by atomic mass is 10.2. The van der Waals surface area contributed by atoms with Crippen molar-refractivity contribution in [3.05, 3.63) is 65.5 Å². The monoisotopic (exact) mass is 245 g/mol. The summed E-state index contributed by atoms with van der Waals surface area (Å²) in [6, 6.07) is 14.0. The fourth-order valence-electron chi connectivity index (χ4n) is 1.51. The van der Waals surface area contributed by atoms with Gasteiger partial charge in [0.15, 0.2) is 0 Å². The lowest BCUT2D eigenvalue weighted by Gasteiger charge is -2.07. The summed E-state index contributed by atoms with van der Waals surface area (Å²) >= 11 is 0. The van der Waals surface area contributed by atoms with Gasteiger partial charge < -0.3 is 9.94 Å². The van der Waals surface area contributed by atoms with Crippen molar-refractivity contribution in [2.45, 2.75) is 6.61 Å². The summed E-state index contributed by atoms with van der Waals surface area (Å²) in [4.78, 5) is 0. The predicted molar refractivity (Wildman–Crippen MR) is 66.6 cm³/mol. The molecular weight excluding hydrogens is 233 g/mol. The smallest absolute Gasteiger partial charge is 0.135 e. The van der Waals surface area contributed by atoms with Gasteiger partial charge in [-0.25, -0.2) is 4.39 Å². The molecule has 4 heteroatoms. The van der Waals surface area contributed by atoms with Crippen molar-refractivity contribution in [2.24, 2.45) is 5.16 Å². The molecule has 3 nitrogen and oxygen atoms in total. The molecule has 0 atom stereocenters. The lowest BCUT2D eigenvalue weighted by molar-refractivity contribution is 0.304. The van der Waals surface area contributed by atoms with Gasteiger partial charge in [0, 0.05) is 11.6 Å². The molecule has 0 spiro atoms. The highest BCUT2D eigenvalue weighted by Gasteiger charge is 2.02. The standard InChI is InChI=1S/C14H12FNO2/c15-14-8-13(7-6-12(14)9-16-17)18-10-11-4-2-1-3-5-11/h1-9,17H,10H2/b16-9+. The van der Waals surface area contributed by atoms with E-state index in [2.05, 4.69) is 5.16 Å². The molecule has 92 valence electrons. The van der Waals surface area contributed by atoms with Crippen molar-refractivity contribution >= 4 is 6.21 Å². The first kappa shape index (κ1) is 12.1. The van der Waals surface area contributed by atoms with E-state index in [0.717, 1.165) is 11.8 Å². The summed E-state index contributed by atoms with van der Waals surface area (Å²) in [7, 11) is 0. The largest absolute Gasteiger partial charge is 0.489 e. The van der Waals surface area contributed by atoms with Crippen LogP contribution in [0.5, 0.6) is 5.75 Å². The van der Waals surface area contributed by atoms with Crippen LogP contribution in [0.3, 0.4) is 0 Å². The van der Waals surface area contributed by atoms with Crippen LogP contribution < -0.4 is 4.74 Å². The summed E-state index contributed by atoms with van der Waals surface area (Å²) in [5.41, 5.74) is 1.23. The Kier molecular flexibility index (Phi) is 3.91. The predicted octanol–water partition coefficient (Wildman–Crippen LogP) is 3.21. The number of hydrogen-bond acceptors (Lipinski definition) is 3. The topological polar surface area (TPSA) is 41.8 Å². The van der Waals surface area contributed by atoms with E-state index in [4.69, 9.17) is 9.94 Å². The summed E-state index contributed by atoms with van der Waals surface area (Å²) in [6.45, 7) is 0.383. The van der Waals surface area contributed by atoms with E-state index in [9.17, 15) is 4.39 Å². The van der Waals surface area contributed by atoms with Crippen LogP contribution in [-0.4, -0.2) is 11.4 Å². The molecule has 0 fully saturated rings. The van der Waals surface area contributed by atoms with Gasteiger partial charge >= 0.3 is 0 Å². The maximum absolute atomic E-state index is 13.5. The normalized spacial score (nSPS) is 10.7. The van der Waals surface area contributed by atoms with Crippen molar-refractivity contribution in [3.8, 4) is 5.75 Å². The fourth-order valence-corrected chi connectivity index (χ4v) is 1.51. The maximum Gasteiger partial charge on any atom is 0.135 e. The molecule has 0 saturated carbocycles. The molecule has 1 N–H and O–H groups in total. The van der Waals surface area contributed by atoms with Crippen LogP contribution in [0.1, 0.15) is 11.1 Å². The minimum atomic E-state index is -0.488. The molecule has 0 bridgehead atoms. The Hall–Kier alpha value is -2.36. The van der Waals surface area contributed by atoms with E-state index in [1.807, 2.05) is 30.3 Å². The van der Waals surface area contributed by atoms with Gasteiger partial charge in [-0.05, 0) is 17.7 Å². The molecule has 0 aromatic heterocycles. The lowest BCUT2D eigenvalue weighted by Crippen LogP contribution is -1.96. The Morgan fingerprint density at radius 1 is 1.17 bits per heavy atom. The van der Waals surface area contributed by atoms with E-state index in [1.54, 1.807) is 6.07 Å². The van der Waals surface area contributed by atoms with Crippen LogP contribution in [0, 0.1) is 5.82 Å². The highest BCUT2D eigenvalue weighted by Crippen LogP contribution is 2.17. The highest BCUT2D eigenvalue weighted by atomic mass is 19.1. The average Bonchev–Trinajstić information content (AvgIpc) is 2.41. The van der Waals surface area contributed by atoms with E-state index >= 15 is 0 Å². The number of ether oxygens (including phenoxy) is 1. The molecule has 0 aliphatic rings. The molecule has 0 saturated heterocycles. The highest BCUT2D eigenvalue weighted by molar-refractivity contribution is 5.79. The minimum Gasteiger partial charge on any atom is -0.489 e. The van der Waals surface area contributed by atoms with Crippen LogP contribution in [-0.2, 0) is 6.61 Å². The summed E-state index contributed by atoms with van der Waals surface area (Å²) < 4.78 is 18.9. The van der Waals surface area contributed by atoms with Crippen molar-refractivity contribution < 1.29 is 14.3 Å². The van der Waals surface area contributed by atoms with Gasteiger partial charge in [-0.3, -0.25) is 0 Å². The Labute approximate surface area is 104 Å². The third-order valence-electron chi connectivity index (χ3n) is 2.42. The molecule has 2 aromatic rings. The van der Waals surface area contributed by atoms with Crippen molar-refractivity contribution in [3.63, 3.8) is 0 Å². The average molecular weight is 245 g/mol. The summed E-state index contributed by atoms with van der Waals surface area (Å²) in [5.74, 6) is -0.0511. The van der Waals surface area contributed by atoms with Gasteiger partial charge in [-0.1, -0.05) is 35.5 Å². The number of oxime groups is 1. The summed E-state index contributed by atoms with van der Waals surface area (Å²) in [6.07, 6.45) is 1.04. The fraction of sp³-hybridized carbons (Fsp3) is 0.0714. The molecule has 0 aliphatic carbocycles. The van der Waals surface area contributed by atoms with E-state index in [1.165, 1.54) is 12.1 Å². The maximum atomic E-state index is 13.5. The Morgan fingerprint density at radius 2 is 1.94 bits per heavy atom. The zero-order valence-electron chi connectivity index (χ0n) is 9.58. The van der Waals surface area contributed by atoms with Crippen LogP contribution in [0.25, 0.3) is 0 Å². The Morgan fingerprint density at radius 3 is 2.61 bits per heavy atom. The van der Waals surface area contributed by atoms with Crippen molar-refractivity contribution in [2.75, 3.05) is 0 Å². The minimum absolute atomic E-state index is 0.213. The van der Waals surface area contributed by atoms with Gasteiger partial charge in [-0.15, -0.1) is 0 Å². The van der Waals surface area contributed by atoms with Gasteiger partial charge in [0.05, 0.1) is 6.21 Å². The van der Waals surface area contributed by atoms with Gasteiger partial charge in [0.1, 0.15) is 18.2 Å². The second-order valence-electron chi connectivity index (χ2n) is 3.70. The van der Waals surface area contributed by atoms with Crippen LogP contribution in [0.15, 0.2) is 53.7 Å². The SMILES string of the molecule is O/N=C/c1ccc(OCc2ccccc2)cc1F. The molecule has 2 rings (SSSR count). The molecular formula is C14H12FNO2. The van der Waals surface area contributed by atoms with Crippen LogP contribution >= 0.6 is 0 Å². The number of nitrogens with zero attached hydrogens (tertiary/aromatic N) is 1. The quantitative estimate of drug-likeness (QED) is 0.510. The number of halogens is 1. The van der Waals surface area contributed by atoms with Gasteiger partial charge in [0.25, 0.3) is 0 Å². The Balaban J connectivity index is 2.04. The van der Waals surface area contributed by atoms with Crippen LogP contribution in [0.2, 0.25) is 0 Å².